The average Bonchev–Trinajstić information content (AvgIpc) is 3.52. The molecule has 10 nitrogen and oxygen atoms in total. The molecule has 33 heavy (non-hydrogen) atoms. The Kier molecular flexibility index (Phi) is 5.52. The SMILES string of the molecule is CC(C)(C)c1cc2n(CC(=O)N3CCOCC3)c3c(c(=O)n2n1)CN(CC1CCCO1)C3=O. The second kappa shape index (κ2) is 8.25. The van der Waals surface area contributed by atoms with Crippen LogP contribution in [-0.4, -0.2) is 81.4 Å². The van der Waals surface area contributed by atoms with Gasteiger partial charge < -0.3 is 23.8 Å². The summed E-state index contributed by atoms with van der Waals surface area (Å²) in [4.78, 5) is 43.5. The fourth-order valence-electron chi connectivity index (χ4n) is 4.78. The number of aromatic nitrogens is 3. The number of nitrogens with zero attached hydrogens (tertiary/aromatic N) is 5. The van der Waals surface area contributed by atoms with Crippen LogP contribution in [0.25, 0.3) is 5.65 Å². The number of carbonyl (C=O) groups excluding carboxylic acids is 2. The number of rotatable bonds is 4. The standard InChI is InChI=1S/C23H31N5O5/c1-23(2,3)17-11-18-27(14-19(29)25-6-9-32-10-7-25)20-16(21(30)28(18)24-17)13-26(22(20)31)12-15-5-4-8-33-15/h11,15H,4-10,12-14H2,1-3H3. The lowest BCUT2D eigenvalue weighted by Gasteiger charge is -2.27. The first-order valence-electron chi connectivity index (χ1n) is 11.7. The predicted molar refractivity (Wildman–Crippen MR) is 119 cm³/mol. The van der Waals surface area contributed by atoms with Gasteiger partial charge in [-0.2, -0.15) is 9.61 Å². The Morgan fingerprint density at radius 3 is 2.61 bits per heavy atom. The molecular formula is C23H31N5O5. The minimum atomic E-state index is -0.297. The number of fused-ring (bicyclic) bond motifs is 2. The van der Waals surface area contributed by atoms with E-state index >= 15 is 0 Å². The van der Waals surface area contributed by atoms with Crippen molar-refractivity contribution < 1.29 is 19.1 Å². The molecule has 5 rings (SSSR count). The Balaban J connectivity index is 1.58. The smallest absolute Gasteiger partial charge is 0.280 e. The maximum absolute atomic E-state index is 13.5. The monoisotopic (exact) mass is 457 g/mol. The van der Waals surface area contributed by atoms with E-state index in [4.69, 9.17) is 9.47 Å². The van der Waals surface area contributed by atoms with Crippen molar-refractivity contribution in [3.63, 3.8) is 0 Å². The van der Waals surface area contributed by atoms with E-state index in [1.54, 1.807) is 14.4 Å². The summed E-state index contributed by atoms with van der Waals surface area (Å²) in [6.45, 7) is 9.41. The summed E-state index contributed by atoms with van der Waals surface area (Å²) in [5.74, 6) is -0.330. The lowest BCUT2D eigenvalue weighted by molar-refractivity contribution is -0.135. The molecule has 2 aromatic heterocycles. The Morgan fingerprint density at radius 1 is 1.18 bits per heavy atom. The Bertz CT molecular complexity index is 1150. The Hall–Kier alpha value is -2.72. The fraction of sp³-hybridized carbons (Fsp3) is 0.652. The van der Waals surface area contributed by atoms with Crippen LogP contribution in [0.3, 0.4) is 0 Å². The zero-order chi connectivity index (χ0) is 23.3. The van der Waals surface area contributed by atoms with Crippen molar-refractivity contribution in [3.8, 4) is 0 Å². The second-order valence-corrected chi connectivity index (χ2v) is 10.1. The summed E-state index contributed by atoms with van der Waals surface area (Å²) in [5.41, 5.74) is 1.31. The molecule has 178 valence electrons. The quantitative estimate of drug-likeness (QED) is 0.673. The predicted octanol–water partition coefficient (Wildman–Crippen LogP) is 0.787. The van der Waals surface area contributed by atoms with Crippen LogP contribution in [0.2, 0.25) is 0 Å². The van der Waals surface area contributed by atoms with Gasteiger partial charge in [0.05, 0.1) is 37.1 Å². The first kappa shape index (κ1) is 22.1. The lowest BCUT2D eigenvalue weighted by Crippen LogP contribution is -2.43. The molecule has 1 unspecified atom stereocenters. The maximum atomic E-state index is 13.5. The highest BCUT2D eigenvalue weighted by atomic mass is 16.5. The molecule has 0 N–H and O–H groups in total. The van der Waals surface area contributed by atoms with Crippen LogP contribution in [0.15, 0.2) is 10.9 Å². The Labute approximate surface area is 192 Å². The second-order valence-electron chi connectivity index (χ2n) is 10.1. The van der Waals surface area contributed by atoms with Gasteiger partial charge in [-0.15, -0.1) is 0 Å². The van der Waals surface area contributed by atoms with Gasteiger partial charge in [-0.3, -0.25) is 14.4 Å². The van der Waals surface area contributed by atoms with E-state index in [-0.39, 0.29) is 42.0 Å². The van der Waals surface area contributed by atoms with Crippen LogP contribution < -0.4 is 5.56 Å². The molecule has 2 saturated heterocycles. The van der Waals surface area contributed by atoms with Crippen LogP contribution >= 0.6 is 0 Å². The van der Waals surface area contributed by atoms with E-state index in [0.717, 1.165) is 18.5 Å². The highest BCUT2D eigenvalue weighted by Gasteiger charge is 2.37. The zero-order valence-corrected chi connectivity index (χ0v) is 19.5. The van der Waals surface area contributed by atoms with Gasteiger partial charge in [-0.05, 0) is 12.8 Å². The molecule has 0 saturated carbocycles. The van der Waals surface area contributed by atoms with Crippen LogP contribution in [0.1, 0.15) is 55.4 Å². The summed E-state index contributed by atoms with van der Waals surface area (Å²) in [6.07, 6.45) is 1.86. The van der Waals surface area contributed by atoms with E-state index in [2.05, 4.69) is 5.10 Å². The maximum Gasteiger partial charge on any atom is 0.280 e. The van der Waals surface area contributed by atoms with Crippen molar-refractivity contribution in [2.45, 2.75) is 58.2 Å². The van der Waals surface area contributed by atoms with Crippen molar-refractivity contribution in [3.05, 3.63) is 33.4 Å². The number of amides is 2. The molecule has 2 fully saturated rings. The minimum absolute atomic E-state index is 0.0154. The molecule has 0 bridgehead atoms. The number of carbonyl (C=O) groups is 2. The molecular weight excluding hydrogens is 426 g/mol. The van der Waals surface area contributed by atoms with Crippen LogP contribution in [0.4, 0.5) is 0 Å². The van der Waals surface area contributed by atoms with Gasteiger partial charge in [-0.1, -0.05) is 20.8 Å². The molecule has 3 aliphatic heterocycles. The van der Waals surface area contributed by atoms with E-state index in [9.17, 15) is 14.4 Å². The summed E-state index contributed by atoms with van der Waals surface area (Å²) in [6, 6.07) is 1.82. The molecule has 2 aromatic rings. The lowest BCUT2D eigenvalue weighted by atomic mass is 9.93. The van der Waals surface area contributed by atoms with E-state index in [0.29, 0.717) is 56.4 Å². The van der Waals surface area contributed by atoms with Gasteiger partial charge >= 0.3 is 0 Å². The average molecular weight is 458 g/mol. The van der Waals surface area contributed by atoms with E-state index in [1.807, 2.05) is 26.8 Å². The van der Waals surface area contributed by atoms with Gasteiger partial charge in [0.2, 0.25) is 5.91 Å². The minimum Gasteiger partial charge on any atom is -0.378 e. The topological polar surface area (TPSA) is 98.4 Å². The van der Waals surface area contributed by atoms with Gasteiger partial charge in [0, 0.05) is 37.7 Å². The molecule has 10 heteroatoms. The van der Waals surface area contributed by atoms with Gasteiger partial charge in [0.1, 0.15) is 17.9 Å². The molecule has 0 spiro atoms. The summed E-state index contributed by atoms with van der Waals surface area (Å²) in [7, 11) is 0. The molecule has 3 aliphatic rings. The fourth-order valence-corrected chi connectivity index (χ4v) is 4.78. The van der Waals surface area contributed by atoms with Crippen molar-refractivity contribution in [2.24, 2.45) is 0 Å². The van der Waals surface area contributed by atoms with E-state index < -0.39 is 0 Å². The van der Waals surface area contributed by atoms with Gasteiger partial charge in [0.25, 0.3) is 11.5 Å². The number of ether oxygens (including phenoxy) is 2. The third-order valence-corrected chi connectivity index (χ3v) is 6.69. The number of morpholine rings is 1. The van der Waals surface area contributed by atoms with Crippen LogP contribution in [0, 0.1) is 0 Å². The summed E-state index contributed by atoms with van der Waals surface area (Å²) in [5, 5.41) is 4.58. The molecule has 2 amide bonds. The normalized spacial score (nSPS) is 21.3. The highest BCUT2D eigenvalue weighted by molar-refractivity contribution is 5.97. The van der Waals surface area contributed by atoms with Crippen LogP contribution in [0.5, 0.6) is 0 Å². The largest absolute Gasteiger partial charge is 0.378 e. The van der Waals surface area contributed by atoms with Crippen molar-refractivity contribution in [2.75, 3.05) is 39.5 Å². The van der Waals surface area contributed by atoms with Crippen LogP contribution in [-0.2, 0) is 32.8 Å². The molecule has 1 atom stereocenters. The van der Waals surface area contributed by atoms with Gasteiger partial charge in [0.15, 0.2) is 0 Å². The summed E-state index contributed by atoms with van der Waals surface area (Å²) < 4.78 is 14.1. The summed E-state index contributed by atoms with van der Waals surface area (Å²) >= 11 is 0. The molecule has 5 heterocycles. The van der Waals surface area contributed by atoms with E-state index in [1.165, 1.54) is 4.52 Å². The van der Waals surface area contributed by atoms with Crippen molar-refractivity contribution in [1.82, 2.24) is 24.0 Å². The Morgan fingerprint density at radius 2 is 1.94 bits per heavy atom. The number of hydrogen-bond donors (Lipinski definition) is 0. The molecule has 0 radical (unpaired) electrons. The first-order chi connectivity index (χ1) is 15.7. The molecule has 0 aliphatic carbocycles. The van der Waals surface area contributed by atoms with Crippen molar-refractivity contribution >= 4 is 17.5 Å². The van der Waals surface area contributed by atoms with Crippen molar-refractivity contribution in [1.29, 1.82) is 0 Å². The highest BCUT2D eigenvalue weighted by Crippen LogP contribution is 2.27. The third-order valence-electron chi connectivity index (χ3n) is 6.69. The van der Waals surface area contributed by atoms with Gasteiger partial charge in [-0.25, -0.2) is 0 Å². The number of hydrogen-bond acceptors (Lipinski definition) is 6. The third kappa shape index (κ3) is 3.95. The molecule has 0 aromatic carbocycles. The first-order valence-corrected chi connectivity index (χ1v) is 11.7. The zero-order valence-electron chi connectivity index (χ0n) is 19.5.